The van der Waals surface area contributed by atoms with Crippen molar-refractivity contribution >= 4 is 35.5 Å². The number of benzene rings is 1. The highest BCUT2D eigenvalue weighted by Crippen LogP contribution is 2.16. The van der Waals surface area contributed by atoms with Crippen molar-refractivity contribution in [3.63, 3.8) is 0 Å². The summed E-state index contributed by atoms with van der Waals surface area (Å²) in [7, 11) is 0. The van der Waals surface area contributed by atoms with Gasteiger partial charge in [0.15, 0.2) is 0 Å². The van der Waals surface area contributed by atoms with Crippen LogP contribution in [0.1, 0.15) is 95.1 Å². The maximum atomic E-state index is 13.5. The minimum absolute atomic E-state index is 0.00346. The van der Waals surface area contributed by atoms with E-state index in [1.54, 1.807) is 83.1 Å². The number of nitro groups is 1. The van der Waals surface area contributed by atoms with Gasteiger partial charge in [-0.1, -0.05) is 12.1 Å². The second kappa shape index (κ2) is 22.4. The topological polar surface area (TPSA) is 190 Å². The molecule has 17 heteroatoms. The molecule has 0 radical (unpaired) electrons. The molecule has 1 aliphatic heterocycles. The highest BCUT2D eigenvalue weighted by atomic mass is 16.6. The van der Waals surface area contributed by atoms with Gasteiger partial charge in [0.25, 0.3) is 5.69 Å². The van der Waals surface area contributed by atoms with Crippen LogP contribution >= 0.6 is 0 Å². The largest absolute Gasteiger partial charge is 0.459 e. The molecular formula is C42H70N6O11. The van der Waals surface area contributed by atoms with Crippen molar-refractivity contribution < 1.29 is 47.8 Å². The number of rotatable bonds is 13. The van der Waals surface area contributed by atoms with E-state index in [0.29, 0.717) is 44.7 Å². The molecule has 1 heterocycles. The average Bonchev–Trinajstić information content (AvgIpc) is 3.04. The molecule has 1 N–H and O–H groups in total. The van der Waals surface area contributed by atoms with Crippen molar-refractivity contribution in [1.82, 2.24) is 24.9 Å². The number of nitrogens with zero attached hydrogens (tertiary/aromatic N) is 5. The Balaban J connectivity index is 2.59. The van der Waals surface area contributed by atoms with Gasteiger partial charge in [0.05, 0.1) is 37.5 Å². The second-order valence-electron chi connectivity index (χ2n) is 19.0. The number of ether oxygens (including phenoxy) is 4. The van der Waals surface area contributed by atoms with E-state index in [4.69, 9.17) is 18.9 Å². The van der Waals surface area contributed by atoms with Crippen LogP contribution in [0.25, 0.3) is 0 Å². The fraction of sp³-hybridized carbons (Fsp3) is 0.738. The first-order chi connectivity index (χ1) is 27.1. The third-order valence-electron chi connectivity index (χ3n) is 8.49. The molecular weight excluding hydrogens is 764 g/mol. The van der Waals surface area contributed by atoms with Crippen LogP contribution in [-0.2, 0) is 49.3 Å². The fourth-order valence-corrected chi connectivity index (χ4v) is 6.27. The zero-order chi connectivity index (χ0) is 44.8. The molecule has 334 valence electrons. The van der Waals surface area contributed by atoms with Crippen molar-refractivity contribution in [3.8, 4) is 0 Å². The lowest BCUT2D eigenvalue weighted by atomic mass is 10.1. The molecule has 1 amide bonds. The molecule has 1 unspecified atom stereocenters. The Labute approximate surface area is 350 Å². The normalized spacial score (nSPS) is 17.7. The summed E-state index contributed by atoms with van der Waals surface area (Å²) in [6.45, 7) is 23.6. The summed E-state index contributed by atoms with van der Waals surface area (Å²) in [5, 5.41) is 14.1. The average molecular weight is 835 g/mol. The van der Waals surface area contributed by atoms with Crippen LogP contribution in [0.3, 0.4) is 0 Å². The number of carbonyl (C=O) groups is 5. The first-order valence-electron chi connectivity index (χ1n) is 20.3. The Hall–Kier alpha value is -4.19. The zero-order valence-electron chi connectivity index (χ0n) is 37.5. The van der Waals surface area contributed by atoms with Gasteiger partial charge in [-0.2, -0.15) is 0 Å². The van der Waals surface area contributed by atoms with Gasteiger partial charge in [-0.15, -0.1) is 0 Å². The Morgan fingerprint density at radius 3 is 1.42 bits per heavy atom. The molecule has 0 bridgehead atoms. The lowest BCUT2D eigenvalue weighted by Gasteiger charge is -2.37. The second-order valence-corrected chi connectivity index (χ2v) is 19.0. The van der Waals surface area contributed by atoms with Crippen molar-refractivity contribution in [2.45, 2.75) is 124 Å². The number of hydrogen-bond acceptors (Lipinski definition) is 15. The van der Waals surface area contributed by atoms with Crippen LogP contribution in [-0.4, -0.2) is 161 Å². The lowest BCUT2D eigenvalue weighted by molar-refractivity contribution is -0.384. The summed E-state index contributed by atoms with van der Waals surface area (Å²) >= 11 is 0. The standard InChI is InChI=1S/C42H70N6O11/c1-39(2,3)56-35(50)27-44-18-13-19-45(28-36(51)57-40(4,5)6)22-23-47(30-38(53)59-42(10,11)12)33(26-46(21-20-44)29-37(52)58-41(7,8)9)25-43-34(49)24-31-14-16-32(17-15-31)48(54)55/h14-17,33H,13,18-30H2,1-12H3,(H,43,49). The first kappa shape index (κ1) is 51.0. The minimum atomic E-state index is -0.779. The molecule has 1 fully saturated rings. The highest BCUT2D eigenvalue weighted by Gasteiger charge is 2.31. The van der Waals surface area contributed by atoms with E-state index in [1.165, 1.54) is 24.3 Å². The molecule has 0 aromatic heterocycles. The van der Waals surface area contributed by atoms with Gasteiger partial charge in [-0.25, -0.2) is 0 Å². The van der Waals surface area contributed by atoms with Gasteiger partial charge in [0.1, 0.15) is 22.4 Å². The van der Waals surface area contributed by atoms with Crippen molar-refractivity contribution in [2.75, 3.05) is 78.5 Å². The van der Waals surface area contributed by atoms with Crippen LogP contribution in [0.4, 0.5) is 5.69 Å². The molecule has 1 atom stereocenters. The van der Waals surface area contributed by atoms with Crippen molar-refractivity contribution in [2.24, 2.45) is 0 Å². The molecule has 1 aromatic carbocycles. The molecule has 1 aliphatic rings. The Kier molecular flexibility index (Phi) is 19.4. The molecule has 0 aliphatic carbocycles. The van der Waals surface area contributed by atoms with Gasteiger partial charge in [0, 0.05) is 70.5 Å². The SMILES string of the molecule is CC(C)(C)OC(=O)CN1CCCN(CC(=O)OC(C)(C)C)CCN(CC(=O)OC(C)(C)C)C(CNC(=O)Cc2ccc([N+](=O)[O-])cc2)CN(CC(=O)OC(C)(C)C)CC1. The Bertz CT molecular complexity index is 1560. The summed E-state index contributed by atoms with van der Waals surface area (Å²) < 4.78 is 22.8. The van der Waals surface area contributed by atoms with Gasteiger partial charge >= 0.3 is 23.9 Å². The van der Waals surface area contributed by atoms with Gasteiger partial charge in [-0.05, 0) is 95.1 Å². The monoisotopic (exact) mass is 835 g/mol. The summed E-state index contributed by atoms with van der Waals surface area (Å²) in [6, 6.07) is 5.15. The van der Waals surface area contributed by atoms with Gasteiger partial charge in [0.2, 0.25) is 5.91 Å². The van der Waals surface area contributed by atoms with E-state index >= 15 is 0 Å². The van der Waals surface area contributed by atoms with E-state index < -0.39 is 57.2 Å². The number of hydrogen-bond donors (Lipinski definition) is 1. The number of amides is 1. The van der Waals surface area contributed by atoms with Crippen LogP contribution < -0.4 is 5.32 Å². The summed E-state index contributed by atoms with van der Waals surface area (Å²) in [5.74, 6) is -2.13. The summed E-state index contributed by atoms with van der Waals surface area (Å²) in [6.07, 6.45) is 0.521. The predicted octanol–water partition coefficient (Wildman–Crippen LogP) is 3.60. The van der Waals surface area contributed by atoms with Crippen molar-refractivity contribution in [3.05, 3.63) is 39.9 Å². The summed E-state index contributed by atoms with van der Waals surface area (Å²) in [5.41, 5.74) is -2.45. The maximum Gasteiger partial charge on any atom is 0.320 e. The molecule has 0 saturated carbocycles. The predicted molar refractivity (Wildman–Crippen MR) is 222 cm³/mol. The van der Waals surface area contributed by atoms with E-state index in [9.17, 15) is 34.1 Å². The van der Waals surface area contributed by atoms with E-state index in [-0.39, 0.29) is 63.8 Å². The molecule has 59 heavy (non-hydrogen) atoms. The first-order valence-corrected chi connectivity index (χ1v) is 20.3. The van der Waals surface area contributed by atoms with E-state index in [0.717, 1.165) is 0 Å². The molecule has 1 aromatic rings. The number of carbonyl (C=O) groups excluding carboxylic acids is 5. The molecule has 0 spiro atoms. The minimum Gasteiger partial charge on any atom is -0.459 e. The van der Waals surface area contributed by atoms with Gasteiger partial charge < -0.3 is 24.3 Å². The maximum absolute atomic E-state index is 13.5. The third kappa shape index (κ3) is 23.3. The van der Waals surface area contributed by atoms with Crippen LogP contribution in [0, 0.1) is 10.1 Å². The smallest absolute Gasteiger partial charge is 0.320 e. The number of nitrogens with one attached hydrogen (secondary N) is 1. The van der Waals surface area contributed by atoms with Crippen molar-refractivity contribution in [1.29, 1.82) is 0 Å². The van der Waals surface area contributed by atoms with Gasteiger partial charge in [-0.3, -0.25) is 53.7 Å². The van der Waals surface area contributed by atoms with Crippen LogP contribution in [0.5, 0.6) is 0 Å². The molecule has 2 rings (SSSR count). The zero-order valence-corrected chi connectivity index (χ0v) is 37.5. The van der Waals surface area contributed by atoms with E-state index in [2.05, 4.69) is 5.32 Å². The van der Waals surface area contributed by atoms with Crippen LogP contribution in [0.2, 0.25) is 0 Å². The molecule has 17 nitrogen and oxygen atoms in total. The number of non-ortho nitro benzene ring substituents is 1. The number of esters is 4. The van der Waals surface area contributed by atoms with Crippen LogP contribution in [0.15, 0.2) is 24.3 Å². The highest BCUT2D eigenvalue weighted by molar-refractivity contribution is 5.78. The molecule has 1 saturated heterocycles. The number of nitro benzene ring substituents is 1. The Morgan fingerprint density at radius 2 is 1.00 bits per heavy atom. The Morgan fingerprint density at radius 1 is 0.610 bits per heavy atom. The lowest BCUT2D eigenvalue weighted by Crippen LogP contribution is -2.55. The fourth-order valence-electron chi connectivity index (χ4n) is 6.27. The quantitative estimate of drug-likeness (QED) is 0.131. The third-order valence-corrected chi connectivity index (χ3v) is 8.49. The summed E-state index contributed by atoms with van der Waals surface area (Å²) in [4.78, 5) is 84.9. The van der Waals surface area contributed by atoms with E-state index in [1.807, 2.05) is 19.6 Å².